The van der Waals surface area contributed by atoms with Gasteiger partial charge >= 0.3 is 5.97 Å². The van der Waals surface area contributed by atoms with Crippen molar-refractivity contribution in [2.24, 2.45) is 17.8 Å². The van der Waals surface area contributed by atoms with Gasteiger partial charge in [0, 0.05) is 11.8 Å². The van der Waals surface area contributed by atoms with Crippen LogP contribution in [0.15, 0.2) is 0 Å². The number of hydrogen-bond acceptors (Lipinski definition) is 4. The van der Waals surface area contributed by atoms with Crippen LogP contribution in [0.25, 0.3) is 0 Å². The summed E-state index contributed by atoms with van der Waals surface area (Å²) in [5, 5.41) is 0. The smallest absolute Gasteiger partial charge is 0.309 e. The maximum atomic E-state index is 11.9. The summed E-state index contributed by atoms with van der Waals surface area (Å²) < 4.78 is 5.04. The number of ether oxygens (including phenoxy) is 1. The van der Waals surface area contributed by atoms with E-state index in [2.05, 4.69) is 0 Å². The van der Waals surface area contributed by atoms with Crippen LogP contribution in [0.1, 0.15) is 46.5 Å². The van der Waals surface area contributed by atoms with Gasteiger partial charge in [-0.05, 0) is 13.3 Å². The molecule has 0 aromatic rings. The second-order valence-electron chi connectivity index (χ2n) is 4.92. The number of carbonyl (C=O) groups excluding carboxylic acids is 3. The molecule has 0 aromatic carbocycles. The number of unbranched alkanes of at least 4 members (excludes halogenated alkanes) is 1. The third kappa shape index (κ3) is 3.18. The van der Waals surface area contributed by atoms with E-state index in [1.807, 2.05) is 6.92 Å². The summed E-state index contributed by atoms with van der Waals surface area (Å²) >= 11 is 0. The van der Waals surface area contributed by atoms with Crippen LogP contribution in [0.4, 0.5) is 0 Å². The van der Waals surface area contributed by atoms with Gasteiger partial charge in [0.25, 0.3) is 0 Å². The second kappa shape index (κ2) is 6.66. The molecule has 1 rings (SSSR count). The van der Waals surface area contributed by atoms with E-state index in [1.54, 1.807) is 13.8 Å². The fourth-order valence-electron chi connectivity index (χ4n) is 2.62. The standard InChI is InChI=1S/C14H22O4/c1-4-6-7-10(14(17)18-5-2)13-9(3)11(15)8-12(13)16/h9-10,13H,4-8H2,1-3H3. The fraction of sp³-hybridized carbons (Fsp3) is 0.786. The van der Waals surface area contributed by atoms with Gasteiger partial charge in [-0.1, -0.05) is 26.7 Å². The molecule has 0 saturated heterocycles. The van der Waals surface area contributed by atoms with Crippen LogP contribution >= 0.6 is 0 Å². The number of hydrogen-bond donors (Lipinski definition) is 0. The lowest BCUT2D eigenvalue weighted by atomic mass is 9.81. The van der Waals surface area contributed by atoms with Crippen molar-refractivity contribution >= 4 is 17.5 Å². The Kier molecular flexibility index (Phi) is 5.51. The van der Waals surface area contributed by atoms with Crippen LogP contribution in [0, 0.1) is 17.8 Å². The third-order valence-electron chi connectivity index (χ3n) is 3.66. The van der Waals surface area contributed by atoms with Crippen LogP contribution in [0.3, 0.4) is 0 Å². The molecule has 3 unspecified atom stereocenters. The van der Waals surface area contributed by atoms with Gasteiger partial charge in [0.05, 0.1) is 18.9 Å². The Labute approximate surface area is 108 Å². The Morgan fingerprint density at radius 3 is 2.44 bits per heavy atom. The summed E-state index contributed by atoms with van der Waals surface area (Å²) in [7, 11) is 0. The molecule has 0 spiro atoms. The lowest BCUT2D eigenvalue weighted by Gasteiger charge is -2.23. The molecule has 18 heavy (non-hydrogen) atoms. The second-order valence-corrected chi connectivity index (χ2v) is 4.92. The first-order chi connectivity index (χ1) is 8.52. The van der Waals surface area contributed by atoms with Crippen molar-refractivity contribution in [2.45, 2.75) is 46.5 Å². The Bertz CT molecular complexity index is 335. The summed E-state index contributed by atoms with van der Waals surface area (Å²) in [6.07, 6.45) is 2.44. The van der Waals surface area contributed by atoms with E-state index in [0.717, 1.165) is 12.8 Å². The van der Waals surface area contributed by atoms with Crippen molar-refractivity contribution in [3.63, 3.8) is 0 Å². The van der Waals surface area contributed by atoms with E-state index in [4.69, 9.17) is 4.74 Å². The normalized spacial score (nSPS) is 25.3. The van der Waals surface area contributed by atoms with E-state index < -0.39 is 11.8 Å². The minimum Gasteiger partial charge on any atom is -0.466 e. The van der Waals surface area contributed by atoms with Crippen molar-refractivity contribution in [1.29, 1.82) is 0 Å². The van der Waals surface area contributed by atoms with Gasteiger partial charge in [-0.2, -0.15) is 0 Å². The largest absolute Gasteiger partial charge is 0.466 e. The first kappa shape index (κ1) is 14.9. The van der Waals surface area contributed by atoms with Gasteiger partial charge in [0.2, 0.25) is 0 Å². The molecule has 0 radical (unpaired) electrons. The van der Waals surface area contributed by atoms with Gasteiger partial charge in [-0.25, -0.2) is 0 Å². The molecule has 1 fully saturated rings. The van der Waals surface area contributed by atoms with Gasteiger partial charge in [-0.3, -0.25) is 14.4 Å². The topological polar surface area (TPSA) is 60.4 Å². The molecule has 0 heterocycles. The molecular weight excluding hydrogens is 232 g/mol. The van der Waals surface area contributed by atoms with Crippen LogP contribution in [0.2, 0.25) is 0 Å². The predicted molar refractivity (Wildman–Crippen MR) is 66.9 cm³/mol. The molecule has 0 aromatic heterocycles. The van der Waals surface area contributed by atoms with E-state index in [9.17, 15) is 14.4 Å². The number of carbonyl (C=O) groups is 3. The number of esters is 1. The molecule has 4 heteroatoms. The molecule has 1 aliphatic carbocycles. The van der Waals surface area contributed by atoms with Crippen LogP contribution < -0.4 is 0 Å². The van der Waals surface area contributed by atoms with Crippen molar-refractivity contribution < 1.29 is 19.1 Å². The maximum absolute atomic E-state index is 11.9. The minimum absolute atomic E-state index is 0.0200. The molecule has 0 aliphatic heterocycles. The summed E-state index contributed by atoms with van der Waals surface area (Å²) in [6, 6.07) is 0. The summed E-state index contributed by atoms with van der Waals surface area (Å²) in [5.74, 6) is -1.73. The van der Waals surface area contributed by atoms with E-state index in [0.29, 0.717) is 13.0 Å². The fourth-order valence-corrected chi connectivity index (χ4v) is 2.62. The average Bonchev–Trinajstić information content (AvgIpc) is 2.56. The zero-order valence-electron chi connectivity index (χ0n) is 11.4. The minimum atomic E-state index is -0.469. The number of Topliss-reactive ketones (excluding diaryl/α,β-unsaturated/α-hetero) is 2. The molecule has 0 N–H and O–H groups in total. The quantitative estimate of drug-likeness (QED) is 0.538. The molecule has 0 bridgehead atoms. The van der Waals surface area contributed by atoms with Crippen LogP contribution in [-0.4, -0.2) is 24.1 Å². The molecular formula is C14H22O4. The Morgan fingerprint density at radius 2 is 2.00 bits per heavy atom. The molecule has 3 atom stereocenters. The summed E-state index contributed by atoms with van der Waals surface area (Å²) in [5.41, 5.74) is 0. The molecule has 1 aliphatic rings. The van der Waals surface area contributed by atoms with E-state index in [-0.39, 0.29) is 29.9 Å². The molecule has 0 amide bonds. The first-order valence-corrected chi connectivity index (χ1v) is 6.74. The average molecular weight is 254 g/mol. The SMILES string of the molecule is CCCCC(C(=O)OCC)C1C(=O)CC(=O)C1C. The molecule has 102 valence electrons. The lowest BCUT2D eigenvalue weighted by Crippen LogP contribution is -2.32. The van der Waals surface area contributed by atoms with Crippen LogP contribution in [0.5, 0.6) is 0 Å². The Morgan fingerprint density at radius 1 is 1.33 bits per heavy atom. The number of ketones is 2. The van der Waals surface area contributed by atoms with E-state index in [1.165, 1.54) is 0 Å². The predicted octanol–water partition coefficient (Wildman–Crippen LogP) is 2.15. The Hall–Kier alpha value is -1.19. The maximum Gasteiger partial charge on any atom is 0.309 e. The highest BCUT2D eigenvalue weighted by Gasteiger charge is 2.45. The van der Waals surface area contributed by atoms with Crippen molar-refractivity contribution in [1.82, 2.24) is 0 Å². The lowest BCUT2D eigenvalue weighted by molar-refractivity contribution is -0.153. The monoisotopic (exact) mass is 254 g/mol. The van der Waals surface area contributed by atoms with Gasteiger partial charge < -0.3 is 4.74 Å². The zero-order chi connectivity index (χ0) is 13.7. The molecule has 1 saturated carbocycles. The van der Waals surface area contributed by atoms with Crippen molar-refractivity contribution in [3.05, 3.63) is 0 Å². The first-order valence-electron chi connectivity index (χ1n) is 6.74. The zero-order valence-corrected chi connectivity index (χ0v) is 11.4. The van der Waals surface area contributed by atoms with E-state index >= 15 is 0 Å². The van der Waals surface area contributed by atoms with Gasteiger partial charge in [0.1, 0.15) is 11.6 Å². The highest BCUT2D eigenvalue weighted by Crippen LogP contribution is 2.35. The van der Waals surface area contributed by atoms with Gasteiger partial charge in [-0.15, -0.1) is 0 Å². The Balaban J connectivity index is 2.84. The van der Waals surface area contributed by atoms with Crippen LogP contribution in [-0.2, 0) is 19.1 Å². The highest BCUT2D eigenvalue weighted by molar-refractivity contribution is 6.09. The van der Waals surface area contributed by atoms with Gasteiger partial charge in [0.15, 0.2) is 0 Å². The van der Waals surface area contributed by atoms with Crippen molar-refractivity contribution in [2.75, 3.05) is 6.61 Å². The third-order valence-corrected chi connectivity index (χ3v) is 3.66. The number of rotatable bonds is 6. The summed E-state index contributed by atoms with van der Waals surface area (Å²) in [4.78, 5) is 35.4. The summed E-state index contributed by atoms with van der Waals surface area (Å²) in [6.45, 7) is 5.84. The molecule has 4 nitrogen and oxygen atoms in total. The van der Waals surface area contributed by atoms with Crippen molar-refractivity contribution in [3.8, 4) is 0 Å². The highest BCUT2D eigenvalue weighted by atomic mass is 16.5.